The Labute approximate surface area is 91.6 Å². The third kappa shape index (κ3) is 2.88. The van der Waals surface area contributed by atoms with Crippen molar-refractivity contribution in [3.05, 3.63) is 24.3 Å². The van der Waals surface area contributed by atoms with Crippen LogP contribution in [0.4, 0.5) is 5.69 Å². The molecule has 1 aliphatic carbocycles. The first-order chi connectivity index (χ1) is 7.29. The Kier molecular flexibility index (Phi) is 3.14. The smallest absolute Gasteiger partial charge is 0.119 e. The third-order valence-electron chi connectivity index (χ3n) is 2.89. The van der Waals surface area contributed by atoms with Crippen LogP contribution in [-0.4, -0.2) is 12.6 Å². The van der Waals surface area contributed by atoms with E-state index in [-0.39, 0.29) is 0 Å². The largest absolute Gasteiger partial charge is 0.494 e. The first kappa shape index (κ1) is 10.3. The number of benzene rings is 1. The molecule has 2 heteroatoms. The fourth-order valence-electron chi connectivity index (χ4n) is 1.79. The quantitative estimate of drug-likeness (QED) is 0.796. The molecule has 0 heterocycles. The van der Waals surface area contributed by atoms with E-state index in [1.54, 1.807) is 0 Å². The van der Waals surface area contributed by atoms with E-state index in [0.717, 1.165) is 18.3 Å². The minimum Gasteiger partial charge on any atom is -0.494 e. The monoisotopic (exact) mass is 205 g/mol. The highest BCUT2D eigenvalue weighted by molar-refractivity contribution is 5.47. The molecule has 0 amide bonds. The van der Waals surface area contributed by atoms with Gasteiger partial charge < -0.3 is 10.1 Å². The van der Waals surface area contributed by atoms with Gasteiger partial charge in [0.25, 0.3) is 0 Å². The highest BCUT2D eigenvalue weighted by Gasteiger charge is 2.27. The molecule has 82 valence electrons. The maximum Gasteiger partial charge on any atom is 0.119 e. The number of nitrogens with one attached hydrogen (secondary N) is 1. The van der Waals surface area contributed by atoms with Crippen molar-refractivity contribution in [3.8, 4) is 5.75 Å². The van der Waals surface area contributed by atoms with Gasteiger partial charge in [-0.25, -0.2) is 0 Å². The molecule has 15 heavy (non-hydrogen) atoms. The Morgan fingerprint density at radius 1 is 1.33 bits per heavy atom. The van der Waals surface area contributed by atoms with Gasteiger partial charge >= 0.3 is 0 Å². The first-order valence-electron chi connectivity index (χ1n) is 5.79. The van der Waals surface area contributed by atoms with Crippen molar-refractivity contribution in [1.82, 2.24) is 0 Å². The summed E-state index contributed by atoms with van der Waals surface area (Å²) < 4.78 is 5.40. The molecule has 1 fully saturated rings. The van der Waals surface area contributed by atoms with Crippen molar-refractivity contribution in [3.63, 3.8) is 0 Å². The lowest BCUT2D eigenvalue weighted by molar-refractivity contribution is 0.340. The molecular weight excluding hydrogens is 186 g/mol. The molecule has 1 saturated carbocycles. The van der Waals surface area contributed by atoms with E-state index < -0.39 is 0 Å². The van der Waals surface area contributed by atoms with Gasteiger partial charge in [0.15, 0.2) is 0 Å². The predicted octanol–water partition coefficient (Wildman–Crippen LogP) is 3.30. The standard InChI is InChI=1S/C13H19NO/c1-3-15-13-8-6-12(7-9-13)14-10(2)11-4-5-11/h6-11,14H,3-5H2,1-2H3/t10-/m1/s1. The van der Waals surface area contributed by atoms with Crippen LogP contribution in [0.15, 0.2) is 24.3 Å². The number of hydrogen-bond acceptors (Lipinski definition) is 2. The Hall–Kier alpha value is -1.18. The van der Waals surface area contributed by atoms with Crippen molar-refractivity contribution < 1.29 is 4.74 Å². The molecule has 1 aromatic carbocycles. The SMILES string of the molecule is CCOc1ccc(N[C@H](C)C2CC2)cc1. The van der Waals surface area contributed by atoms with E-state index in [1.807, 2.05) is 19.1 Å². The minimum absolute atomic E-state index is 0.600. The maximum absolute atomic E-state index is 5.40. The highest BCUT2D eigenvalue weighted by atomic mass is 16.5. The van der Waals surface area contributed by atoms with Gasteiger partial charge in [0.1, 0.15) is 5.75 Å². The van der Waals surface area contributed by atoms with Crippen LogP contribution in [0.2, 0.25) is 0 Å². The van der Waals surface area contributed by atoms with Crippen LogP contribution in [-0.2, 0) is 0 Å². The van der Waals surface area contributed by atoms with Crippen LogP contribution < -0.4 is 10.1 Å². The average Bonchev–Trinajstić information content (AvgIpc) is 3.04. The Balaban J connectivity index is 1.91. The predicted molar refractivity (Wildman–Crippen MR) is 63.4 cm³/mol. The zero-order valence-electron chi connectivity index (χ0n) is 9.49. The molecule has 0 spiro atoms. The molecule has 0 unspecified atom stereocenters. The van der Waals surface area contributed by atoms with Crippen molar-refractivity contribution >= 4 is 5.69 Å². The van der Waals surface area contributed by atoms with Gasteiger partial charge in [-0.05, 0) is 56.9 Å². The fourth-order valence-corrected chi connectivity index (χ4v) is 1.79. The molecular formula is C13H19NO. The van der Waals surface area contributed by atoms with E-state index >= 15 is 0 Å². The van der Waals surface area contributed by atoms with Crippen molar-refractivity contribution in [2.75, 3.05) is 11.9 Å². The summed E-state index contributed by atoms with van der Waals surface area (Å²) in [6.45, 7) is 4.99. The summed E-state index contributed by atoms with van der Waals surface area (Å²) >= 11 is 0. The van der Waals surface area contributed by atoms with Crippen molar-refractivity contribution in [2.45, 2.75) is 32.7 Å². The molecule has 0 saturated heterocycles. The normalized spacial score (nSPS) is 17.2. The van der Waals surface area contributed by atoms with Crippen LogP contribution in [0.1, 0.15) is 26.7 Å². The third-order valence-corrected chi connectivity index (χ3v) is 2.89. The van der Waals surface area contributed by atoms with Gasteiger partial charge in [0, 0.05) is 11.7 Å². The van der Waals surface area contributed by atoms with E-state index in [1.165, 1.54) is 18.5 Å². The summed E-state index contributed by atoms with van der Waals surface area (Å²) in [5.41, 5.74) is 1.19. The fraction of sp³-hybridized carbons (Fsp3) is 0.538. The van der Waals surface area contributed by atoms with Crippen LogP contribution in [0.5, 0.6) is 5.75 Å². The lowest BCUT2D eigenvalue weighted by Crippen LogP contribution is -2.16. The molecule has 1 aliphatic rings. The number of hydrogen-bond donors (Lipinski definition) is 1. The zero-order valence-corrected chi connectivity index (χ0v) is 9.49. The van der Waals surface area contributed by atoms with E-state index in [4.69, 9.17) is 4.74 Å². The summed E-state index contributed by atoms with van der Waals surface area (Å²) in [4.78, 5) is 0. The van der Waals surface area contributed by atoms with Gasteiger partial charge in [0.2, 0.25) is 0 Å². The maximum atomic E-state index is 5.40. The van der Waals surface area contributed by atoms with Crippen LogP contribution in [0.3, 0.4) is 0 Å². The molecule has 1 atom stereocenters. The molecule has 0 aromatic heterocycles. The van der Waals surface area contributed by atoms with Crippen molar-refractivity contribution in [1.29, 1.82) is 0 Å². The van der Waals surface area contributed by atoms with Gasteiger partial charge in [-0.15, -0.1) is 0 Å². The van der Waals surface area contributed by atoms with Gasteiger partial charge in [-0.3, -0.25) is 0 Å². The van der Waals surface area contributed by atoms with E-state index in [2.05, 4.69) is 24.4 Å². The number of ether oxygens (including phenoxy) is 1. The zero-order chi connectivity index (χ0) is 10.7. The summed E-state index contributed by atoms with van der Waals surface area (Å²) in [5, 5.41) is 3.52. The molecule has 0 bridgehead atoms. The highest BCUT2D eigenvalue weighted by Crippen LogP contribution is 2.34. The second-order valence-electron chi connectivity index (χ2n) is 4.23. The number of rotatable bonds is 5. The summed E-state index contributed by atoms with van der Waals surface area (Å²) in [6, 6.07) is 8.81. The molecule has 2 rings (SSSR count). The van der Waals surface area contributed by atoms with Crippen LogP contribution in [0.25, 0.3) is 0 Å². The Bertz CT molecular complexity index is 303. The van der Waals surface area contributed by atoms with Crippen molar-refractivity contribution in [2.24, 2.45) is 5.92 Å². The van der Waals surface area contributed by atoms with E-state index in [9.17, 15) is 0 Å². The second kappa shape index (κ2) is 4.56. The second-order valence-corrected chi connectivity index (χ2v) is 4.23. The molecule has 1 aromatic rings. The average molecular weight is 205 g/mol. The van der Waals surface area contributed by atoms with Crippen LogP contribution >= 0.6 is 0 Å². The first-order valence-corrected chi connectivity index (χ1v) is 5.79. The Morgan fingerprint density at radius 3 is 2.53 bits per heavy atom. The van der Waals surface area contributed by atoms with Gasteiger partial charge in [-0.1, -0.05) is 0 Å². The lowest BCUT2D eigenvalue weighted by atomic mass is 10.2. The summed E-state index contributed by atoms with van der Waals surface area (Å²) in [6.07, 6.45) is 2.76. The molecule has 0 aliphatic heterocycles. The molecule has 1 N–H and O–H groups in total. The van der Waals surface area contributed by atoms with Gasteiger partial charge in [-0.2, -0.15) is 0 Å². The lowest BCUT2D eigenvalue weighted by Gasteiger charge is -2.14. The summed E-state index contributed by atoms with van der Waals surface area (Å²) in [7, 11) is 0. The molecule has 0 radical (unpaired) electrons. The summed E-state index contributed by atoms with van der Waals surface area (Å²) in [5.74, 6) is 1.83. The minimum atomic E-state index is 0.600. The van der Waals surface area contributed by atoms with Gasteiger partial charge in [0.05, 0.1) is 6.61 Å². The Morgan fingerprint density at radius 2 is 2.00 bits per heavy atom. The topological polar surface area (TPSA) is 21.3 Å². The van der Waals surface area contributed by atoms with E-state index in [0.29, 0.717) is 6.04 Å². The number of anilines is 1. The van der Waals surface area contributed by atoms with Crippen LogP contribution in [0, 0.1) is 5.92 Å². The molecule has 2 nitrogen and oxygen atoms in total.